The molecule has 2 atom stereocenters. The second kappa shape index (κ2) is 6.73. The molecule has 0 radical (unpaired) electrons. The van der Waals surface area contributed by atoms with Gasteiger partial charge >= 0.3 is 0 Å². The highest BCUT2D eigenvalue weighted by atomic mass is 15.2. The van der Waals surface area contributed by atoms with Crippen LogP contribution in [0.2, 0.25) is 0 Å². The Labute approximate surface area is 124 Å². The van der Waals surface area contributed by atoms with Crippen LogP contribution in [-0.4, -0.2) is 30.1 Å². The third kappa shape index (κ3) is 3.83. The fourth-order valence-corrected chi connectivity index (χ4v) is 3.01. The molecule has 1 aromatic rings. The zero-order valence-electron chi connectivity index (χ0n) is 13.7. The van der Waals surface area contributed by atoms with E-state index in [-0.39, 0.29) is 0 Å². The zero-order valence-corrected chi connectivity index (χ0v) is 13.7. The van der Waals surface area contributed by atoms with Gasteiger partial charge in [0.05, 0.1) is 0 Å². The average molecular weight is 274 g/mol. The second-order valence-electron chi connectivity index (χ2n) is 6.78. The van der Waals surface area contributed by atoms with Crippen molar-refractivity contribution in [1.29, 1.82) is 0 Å². The van der Waals surface area contributed by atoms with Crippen LogP contribution < -0.4 is 5.32 Å². The van der Waals surface area contributed by atoms with E-state index in [0.29, 0.717) is 24.0 Å². The van der Waals surface area contributed by atoms with E-state index in [0.717, 1.165) is 0 Å². The Hall–Kier alpha value is -0.860. The van der Waals surface area contributed by atoms with Crippen molar-refractivity contribution in [1.82, 2.24) is 10.2 Å². The van der Waals surface area contributed by atoms with Gasteiger partial charge in [-0.25, -0.2) is 0 Å². The van der Waals surface area contributed by atoms with Crippen molar-refractivity contribution in [2.75, 3.05) is 13.1 Å². The Bertz CT molecular complexity index is 408. The van der Waals surface area contributed by atoms with Crippen LogP contribution in [0.25, 0.3) is 0 Å². The number of hydrogen-bond acceptors (Lipinski definition) is 2. The van der Waals surface area contributed by atoms with E-state index >= 15 is 0 Å². The largest absolute Gasteiger partial charge is 0.306 e. The van der Waals surface area contributed by atoms with E-state index in [2.05, 4.69) is 69.1 Å². The first-order chi connectivity index (χ1) is 9.47. The number of nitrogens with zero attached hydrogens (tertiary/aromatic N) is 1. The van der Waals surface area contributed by atoms with Crippen LogP contribution in [0.15, 0.2) is 24.3 Å². The molecule has 20 heavy (non-hydrogen) atoms. The molecule has 0 aliphatic carbocycles. The summed E-state index contributed by atoms with van der Waals surface area (Å²) < 4.78 is 0. The summed E-state index contributed by atoms with van der Waals surface area (Å²) in [5.74, 6) is 0.613. The van der Waals surface area contributed by atoms with E-state index in [1.165, 1.54) is 30.6 Å². The molecule has 1 aromatic carbocycles. The lowest BCUT2D eigenvalue weighted by Crippen LogP contribution is -2.36. The summed E-state index contributed by atoms with van der Waals surface area (Å²) in [6, 6.07) is 10.8. The van der Waals surface area contributed by atoms with E-state index in [4.69, 9.17) is 0 Å². The highest BCUT2D eigenvalue weighted by molar-refractivity contribution is 5.26. The molecule has 1 aliphatic heterocycles. The van der Waals surface area contributed by atoms with Crippen molar-refractivity contribution in [2.45, 2.75) is 65.1 Å². The summed E-state index contributed by atoms with van der Waals surface area (Å²) in [6.45, 7) is 13.8. The SMILES string of the molecule is CC(C)c1ccc(C(C)NC2CCN(C(C)C)C2)cc1. The van der Waals surface area contributed by atoms with Gasteiger partial charge in [-0.3, -0.25) is 4.90 Å². The molecule has 2 rings (SSSR count). The second-order valence-corrected chi connectivity index (χ2v) is 6.78. The molecule has 2 heteroatoms. The van der Waals surface area contributed by atoms with Crippen LogP contribution in [0.4, 0.5) is 0 Å². The maximum absolute atomic E-state index is 3.79. The predicted molar refractivity (Wildman–Crippen MR) is 87.2 cm³/mol. The fraction of sp³-hybridized carbons (Fsp3) is 0.667. The molecule has 1 N–H and O–H groups in total. The molecule has 0 saturated carbocycles. The lowest BCUT2D eigenvalue weighted by molar-refractivity contribution is 0.266. The van der Waals surface area contributed by atoms with E-state index in [9.17, 15) is 0 Å². The van der Waals surface area contributed by atoms with Crippen LogP contribution in [0.3, 0.4) is 0 Å². The zero-order chi connectivity index (χ0) is 14.7. The van der Waals surface area contributed by atoms with Gasteiger partial charge in [-0.05, 0) is 50.8 Å². The summed E-state index contributed by atoms with van der Waals surface area (Å²) in [7, 11) is 0. The van der Waals surface area contributed by atoms with E-state index < -0.39 is 0 Å². The summed E-state index contributed by atoms with van der Waals surface area (Å²) in [6.07, 6.45) is 1.27. The standard InChI is InChI=1S/C18H30N2/c1-13(2)16-6-8-17(9-7-16)15(5)19-18-10-11-20(12-18)14(3)4/h6-9,13-15,18-19H,10-12H2,1-5H3. The number of hydrogen-bond donors (Lipinski definition) is 1. The molecule has 1 heterocycles. The maximum Gasteiger partial charge on any atom is 0.0294 e. The topological polar surface area (TPSA) is 15.3 Å². The monoisotopic (exact) mass is 274 g/mol. The Kier molecular flexibility index (Phi) is 5.22. The van der Waals surface area contributed by atoms with Gasteiger partial charge in [0.2, 0.25) is 0 Å². The average Bonchev–Trinajstić information content (AvgIpc) is 2.87. The molecule has 0 bridgehead atoms. The van der Waals surface area contributed by atoms with Crippen LogP contribution in [-0.2, 0) is 0 Å². The summed E-state index contributed by atoms with van der Waals surface area (Å²) in [5, 5.41) is 3.79. The number of nitrogens with one attached hydrogen (secondary N) is 1. The van der Waals surface area contributed by atoms with Gasteiger partial charge in [0.1, 0.15) is 0 Å². The molecule has 1 saturated heterocycles. The summed E-state index contributed by atoms with van der Waals surface area (Å²) >= 11 is 0. The van der Waals surface area contributed by atoms with Crippen molar-refractivity contribution in [3.8, 4) is 0 Å². The predicted octanol–water partition coefficient (Wildman–Crippen LogP) is 3.94. The molecule has 1 fully saturated rings. The lowest BCUT2D eigenvalue weighted by Gasteiger charge is -2.23. The lowest BCUT2D eigenvalue weighted by atomic mass is 9.99. The van der Waals surface area contributed by atoms with Gasteiger partial charge in [0, 0.05) is 24.7 Å². The Morgan fingerprint density at radius 1 is 1.00 bits per heavy atom. The van der Waals surface area contributed by atoms with Gasteiger partial charge in [0.15, 0.2) is 0 Å². The number of likely N-dealkylation sites (tertiary alicyclic amines) is 1. The van der Waals surface area contributed by atoms with Crippen molar-refractivity contribution >= 4 is 0 Å². The third-order valence-electron chi connectivity index (χ3n) is 4.54. The first kappa shape index (κ1) is 15.5. The molecule has 112 valence electrons. The molecular formula is C18H30N2. The quantitative estimate of drug-likeness (QED) is 0.875. The minimum atomic E-state index is 0.438. The highest BCUT2D eigenvalue weighted by Gasteiger charge is 2.25. The smallest absolute Gasteiger partial charge is 0.0294 e. The Morgan fingerprint density at radius 2 is 1.60 bits per heavy atom. The van der Waals surface area contributed by atoms with Crippen molar-refractivity contribution < 1.29 is 0 Å². The number of rotatable bonds is 5. The van der Waals surface area contributed by atoms with Crippen LogP contribution >= 0.6 is 0 Å². The normalized spacial score (nSPS) is 21.9. The van der Waals surface area contributed by atoms with E-state index in [1.807, 2.05) is 0 Å². The minimum Gasteiger partial charge on any atom is -0.306 e. The van der Waals surface area contributed by atoms with Gasteiger partial charge in [-0.1, -0.05) is 38.1 Å². The van der Waals surface area contributed by atoms with E-state index in [1.54, 1.807) is 0 Å². The highest BCUT2D eigenvalue weighted by Crippen LogP contribution is 2.21. The Balaban J connectivity index is 1.90. The Morgan fingerprint density at radius 3 is 2.10 bits per heavy atom. The van der Waals surface area contributed by atoms with Gasteiger partial charge in [-0.2, -0.15) is 0 Å². The van der Waals surface area contributed by atoms with Crippen LogP contribution in [0.5, 0.6) is 0 Å². The van der Waals surface area contributed by atoms with Crippen LogP contribution in [0, 0.1) is 0 Å². The molecule has 2 unspecified atom stereocenters. The van der Waals surface area contributed by atoms with Gasteiger partial charge in [0.25, 0.3) is 0 Å². The van der Waals surface area contributed by atoms with Crippen molar-refractivity contribution in [3.63, 3.8) is 0 Å². The van der Waals surface area contributed by atoms with Crippen LogP contribution in [0.1, 0.15) is 64.1 Å². The molecular weight excluding hydrogens is 244 g/mol. The molecule has 0 spiro atoms. The van der Waals surface area contributed by atoms with Gasteiger partial charge in [-0.15, -0.1) is 0 Å². The first-order valence-electron chi connectivity index (χ1n) is 8.07. The summed E-state index contributed by atoms with van der Waals surface area (Å²) in [4.78, 5) is 2.56. The fourth-order valence-electron chi connectivity index (χ4n) is 3.01. The maximum atomic E-state index is 3.79. The summed E-state index contributed by atoms with van der Waals surface area (Å²) in [5.41, 5.74) is 2.82. The first-order valence-corrected chi connectivity index (χ1v) is 8.07. The minimum absolute atomic E-state index is 0.438. The molecule has 1 aliphatic rings. The molecule has 2 nitrogen and oxygen atoms in total. The molecule has 0 amide bonds. The third-order valence-corrected chi connectivity index (χ3v) is 4.54. The van der Waals surface area contributed by atoms with Crippen molar-refractivity contribution in [2.24, 2.45) is 0 Å². The van der Waals surface area contributed by atoms with Crippen molar-refractivity contribution in [3.05, 3.63) is 35.4 Å². The number of benzene rings is 1. The van der Waals surface area contributed by atoms with Gasteiger partial charge < -0.3 is 5.32 Å². The molecule has 0 aromatic heterocycles.